The molecule has 0 N–H and O–H groups in total. The summed E-state index contributed by atoms with van der Waals surface area (Å²) in [5.41, 5.74) is 5.46. The Balaban J connectivity index is 1.52. The van der Waals surface area contributed by atoms with E-state index in [1.54, 1.807) is 5.57 Å². The van der Waals surface area contributed by atoms with Crippen LogP contribution in [-0.4, -0.2) is 6.61 Å². The first-order valence-electron chi connectivity index (χ1n) is 11.3. The molecule has 0 saturated carbocycles. The van der Waals surface area contributed by atoms with Crippen molar-refractivity contribution in [1.29, 1.82) is 0 Å². The van der Waals surface area contributed by atoms with Gasteiger partial charge in [0.2, 0.25) is 0 Å². The van der Waals surface area contributed by atoms with Crippen molar-refractivity contribution < 1.29 is 4.74 Å². The molecule has 1 heteroatoms. The van der Waals surface area contributed by atoms with Gasteiger partial charge in [0.25, 0.3) is 0 Å². The summed E-state index contributed by atoms with van der Waals surface area (Å²) in [5.74, 6) is 1.85. The van der Waals surface area contributed by atoms with Crippen LogP contribution < -0.4 is 4.74 Å². The zero-order valence-corrected chi connectivity index (χ0v) is 17.8. The largest absolute Gasteiger partial charge is 0.494 e. The first kappa shape index (κ1) is 20.7. The molecule has 1 nitrogen and oxygen atoms in total. The SMILES string of the molecule is CCCCCCCC1CC=C(c2ccc(-c3ccc(OCC)cc3)cc2)CC1. The van der Waals surface area contributed by atoms with Gasteiger partial charge in [0.15, 0.2) is 0 Å². The van der Waals surface area contributed by atoms with E-state index < -0.39 is 0 Å². The molecule has 3 rings (SSSR count). The van der Waals surface area contributed by atoms with Crippen molar-refractivity contribution in [2.24, 2.45) is 5.92 Å². The molecule has 0 heterocycles. The molecule has 1 aliphatic rings. The van der Waals surface area contributed by atoms with Gasteiger partial charge in [-0.15, -0.1) is 0 Å². The van der Waals surface area contributed by atoms with Crippen LogP contribution in [0.25, 0.3) is 16.7 Å². The normalized spacial score (nSPS) is 16.6. The summed E-state index contributed by atoms with van der Waals surface area (Å²) in [6, 6.07) is 17.5. The van der Waals surface area contributed by atoms with Crippen LogP contribution in [0.15, 0.2) is 54.6 Å². The Morgan fingerprint density at radius 1 is 0.786 bits per heavy atom. The summed E-state index contributed by atoms with van der Waals surface area (Å²) in [5, 5.41) is 0. The van der Waals surface area contributed by atoms with E-state index in [9.17, 15) is 0 Å². The standard InChI is InChI=1S/C27H36O/c1-3-5-6-7-8-9-22-10-12-23(13-11-22)24-14-16-25(17-15-24)26-18-20-27(21-19-26)28-4-2/h12,14-22H,3-11,13H2,1-2H3. The van der Waals surface area contributed by atoms with Crippen LogP contribution in [-0.2, 0) is 0 Å². The topological polar surface area (TPSA) is 9.23 Å². The van der Waals surface area contributed by atoms with Gasteiger partial charge in [-0.25, -0.2) is 0 Å². The molecule has 0 bridgehead atoms. The third-order valence-electron chi connectivity index (χ3n) is 5.99. The molecule has 1 aliphatic carbocycles. The van der Waals surface area contributed by atoms with Gasteiger partial charge in [-0.2, -0.15) is 0 Å². The van der Waals surface area contributed by atoms with Crippen LogP contribution in [0.5, 0.6) is 5.75 Å². The summed E-state index contributed by atoms with van der Waals surface area (Å²) in [4.78, 5) is 0. The lowest BCUT2D eigenvalue weighted by Gasteiger charge is -2.22. The van der Waals surface area contributed by atoms with E-state index in [0.29, 0.717) is 6.61 Å². The van der Waals surface area contributed by atoms with E-state index in [-0.39, 0.29) is 0 Å². The number of hydrogen-bond acceptors (Lipinski definition) is 1. The predicted octanol–water partition coefficient (Wildman–Crippen LogP) is 8.30. The second-order valence-electron chi connectivity index (χ2n) is 8.11. The highest BCUT2D eigenvalue weighted by Crippen LogP contribution is 2.33. The summed E-state index contributed by atoms with van der Waals surface area (Å²) >= 11 is 0. The van der Waals surface area contributed by atoms with Crippen LogP contribution in [0.3, 0.4) is 0 Å². The fourth-order valence-corrected chi connectivity index (χ4v) is 4.24. The second kappa shape index (κ2) is 11.1. The lowest BCUT2D eigenvalue weighted by Crippen LogP contribution is -2.05. The van der Waals surface area contributed by atoms with Crippen molar-refractivity contribution in [3.05, 3.63) is 60.2 Å². The Hall–Kier alpha value is -2.02. The Morgan fingerprint density at radius 3 is 2.04 bits per heavy atom. The molecular formula is C27H36O. The highest BCUT2D eigenvalue weighted by Gasteiger charge is 2.15. The van der Waals surface area contributed by atoms with Crippen LogP contribution >= 0.6 is 0 Å². The lowest BCUT2D eigenvalue weighted by molar-refractivity contribution is 0.340. The monoisotopic (exact) mass is 376 g/mol. The summed E-state index contributed by atoms with van der Waals surface area (Å²) in [6.45, 7) is 5.02. The minimum Gasteiger partial charge on any atom is -0.494 e. The Labute approximate surface area is 171 Å². The Bertz CT molecular complexity index is 724. The molecule has 0 aromatic heterocycles. The van der Waals surface area contributed by atoms with Crippen molar-refractivity contribution >= 4 is 5.57 Å². The van der Waals surface area contributed by atoms with Crippen molar-refractivity contribution in [3.63, 3.8) is 0 Å². The number of rotatable bonds is 10. The quantitative estimate of drug-likeness (QED) is 0.379. The molecule has 0 amide bonds. The van der Waals surface area contributed by atoms with Crippen LogP contribution in [0, 0.1) is 5.92 Å². The van der Waals surface area contributed by atoms with Gasteiger partial charge in [0.1, 0.15) is 5.75 Å². The Morgan fingerprint density at radius 2 is 1.43 bits per heavy atom. The van der Waals surface area contributed by atoms with Crippen molar-refractivity contribution in [2.75, 3.05) is 6.61 Å². The van der Waals surface area contributed by atoms with E-state index >= 15 is 0 Å². The molecular weight excluding hydrogens is 340 g/mol. The van der Waals surface area contributed by atoms with Gasteiger partial charge in [0, 0.05) is 0 Å². The van der Waals surface area contributed by atoms with Gasteiger partial charge in [-0.05, 0) is 66.5 Å². The molecule has 0 aliphatic heterocycles. The third kappa shape index (κ3) is 5.99. The van der Waals surface area contributed by atoms with Gasteiger partial charge in [0.05, 0.1) is 6.61 Å². The van der Waals surface area contributed by atoms with Crippen molar-refractivity contribution in [2.45, 2.75) is 71.6 Å². The average molecular weight is 377 g/mol. The maximum absolute atomic E-state index is 5.54. The maximum atomic E-state index is 5.54. The molecule has 1 unspecified atom stereocenters. The number of hydrogen-bond donors (Lipinski definition) is 0. The van der Waals surface area contributed by atoms with Crippen LogP contribution in [0.4, 0.5) is 0 Å². The van der Waals surface area contributed by atoms with Gasteiger partial charge in [-0.1, -0.05) is 87.9 Å². The molecule has 28 heavy (non-hydrogen) atoms. The number of allylic oxidation sites excluding steroid dienone is 2. The van der Waals surface area contributed by atoms with Gasteiger partial charge in [-0.3, -0.25) is 0 Å². The molecule has 1 atom stereocenters. The van der Waals surface area contributed by atoms with E-state index in [4.69, 9.17) is 4.74 Å². The van der Waals surface area contributed by atoms with E-state index in [2.05, 4.69) is 61.5 Å². The van der Waals surface area contributed by atoms with Crippen LogP contribution in [0.1, 0.15) is 77.2 Å². The maximum Gasteiger partial charge on any atom is 0.119 e. The first-order valence-corrected chi connectivity index (χ1v) is 11.3. The summed E-state index contributed by atoms with van der Waals surface area (Å²) in [6.07, 6.45) is 14.8. The smallest absolute Gasteiger partial charge is 0.119 e. The molecule has 150 valence electrons. The van der Waals surface area contributed by atoms with Crippen molar-refractivity contribution in [3.8, 4) is 16.9 Å². The minimum absolute atomic E-state index is 0.711. The lowest BCUT2D eigenvalue weighted by atomic mass is 9.83. The molecule has 0 saturated heterocycles. The number of benzene rings is 2. The minimum atomic E-state index is 0.711. The molecule has 0 fully saturated rings. The van der Waals surface area contributed by atoms with E-state index in [1.807, 2.05) is 6.92 Å². The summed E-state index contributed by atoms with van der Waals surface area (Å²) in [7, 11) is 0. The predicted molar refractivity (Wildman–Crippen MR) is 122 cm³/mol. The van der Waals surface area contributed by atoms with E-state index in [1.165, 1.54) is 74.5 Å². The molecule has 2 aromatic rings. The fraction of sp³-hybridized carbons (Fsp3) is 0.481. The van der Waals surface area contributed by atoms with Gasteiger partial charge >= 0.3 is 0 Å². The average Bonchev–Trinajstić information content (AvgIpc) is 2.75. The molecule has 0 radical (unpaired) electrons. The first-order chi connectivity index (χ1) is 13.8. The highest BCUT2D eigenvalue weighted by molar-refractivity contribution is 5.71. The van der Waals surface area contributed by atoms with Gasteiger partial charge < -0.3 is 4.74 Å². The second-order valence-corrected chi connectivity index (χ2v) is 8.11. The Kier molecular flexibility index (Phi) is 8.21. The van der Waals surface area contributed by atoms with Crippen molar-refractivity contribution in [1.82, 2.24) is 0 Å². The third-order valence-corrected chi connectivity index (χ3v) is 5.99. The highest BCUT2D eigenvalue weighted by atomic mass is 16.5. The zero-order valence-electron chi connectivity index (χ0n) is 17.8. The van der Waals surface area contributed by atoms with Crippen LogP contribution in [0.2, 0.25) is 0 Å². The zero-order chi connectivity index (χ0) is 19.6. The number of unbranched alkanes of at least 4 members (excludes halogenated alkanes) is 4. The fourth-order valence-electron chi connectivity index (χ4n) is 4.24. The molecule has 0 spiro atoms. The molecule has 2 aromatic carbocycles. The van der Waals surface area contributed by atoms with E-state index in [0.717, 1.165) is 11.7 Å². The number of ether oxygens (including phenoxy) is 1. The summed E-state index contributed by atoms with van der Waals surface area (Å²) < 4.78 is 5.54.